The molecule has 3 aromatic rings. The van der Waals surface area contributed by atoms with Crippen molar-refractivity contribution < 1.29 is 4.74 Å². The second kappa shape index (κ2) is 4.66. The highest BCUT2D eigenvalue weighted by Gasteiger charge is 2.05. The third-order valence-electron chi connectivity index (χ3n) is 2.73. The van der Waals surface area contributed by atoms with Crippen LogP contribution in [0.5, 0.6) is 5.75 Å². The molecule has 0 bridgehead atoms. The van der Waals surface area contributed by atoms with Crippen LogP contribution >= 0.6 is 11.5 Å². The number of nitrogens with zero attached hydrogens (tertiary/aromatic N) is 1. The number of benzene rings is 2. The lowest BCUT2D eigenvalue weighted by atomic mass is 10.2. The Kier molecular flexibility index (Phi) is 2.86. The van der Waals surface area contributed by atoms with Crippen LogP contribution in [0.4, 0.5) is 11.5 Å². The van der Waals surface area contributed by atoms with Gasteiger partial charge in [-0.1, -0.05) is 12.1 Å². The molecule has 1 N–H and O–H groups in total. The van der Waals surface area contributed by atoms with Gasteiger partial charge in [0, 0.05) is 11.1 Å². The summed E-state index contributed by atoms with van der Waals surface area (Å²) >= 11 is 1.50. The maximum atomic E-state index is 5.13. The Morgan fingerprint density at radius 1 is 1.06 bits per heavy atom. The van der Waals surface area contributed by atoms with Crippen molar-refractivity contribution >= 4 is 33.1 Å². The van der Waals surface area contributed by atoms with Crippen LogP contribution < -0.4 is 10.1 Å². The number of anilines is 2. The monoisotopic (exact) mass is 256 g/mol. The van der Waals surface area contributed by atoms with E-state index in [1.165, 1.54) is 16.2 Å². The Hall–Kier alpha value is -2.07. The molecule has 0 amide bonds. The van der Waals surface area contributed by atoms with Gasteiger partial charge in [-0.25, -0.2) is 0 Å². The fraction of sp³-hybridized carbons (Fsp3) is 0.0714. The van der Waals surface area contributed by atoms with Gasteiger partial charge in [-0.15, -0.1) is 0 Å². The maximum absolute atomic E-state index is 5.13. The summed E-state index contributed by atoms with van der Waals surface area (Å²) in [5.74, 6) is 1.75. The zero-order valence-corrected chi connectivity index (χ0v) is 10.7. The van der Waals surface area contributed by atoms with Gasteiger partial charge in [0.05, 0.1) is 11.8 Å². The molecule has 90 valence electrons. The topological polar surface area (TPSA) is 34.1 Å². The second-order valence-corrected chi connectivity index (χ2v) is 4.69. The van der Waals surface area contributed by atoms with Gasteiger partial charge in [-0.05, 0) is 47.9 Å². The number of nitrogens with one attached hydrogen (secondary N) is 1. The molecule has 0 aliphatic rings. The molecule has 3 rings (SSSR count). The predicted octanol–water partition coefficient (Wildman–Crippen LogP) is 4.05. The van der Waals surface area contributed by atoms with E-state index in [0.717, 1.165) is 22.6 Å². The van der Waals surface area contributed by atoms with Crippen LogP contribution in [0.1, 0.15) is 0 Å². The minimum atomic E-state index is 0.851. The van der Waals surface area contributed by atoms with Gasteiger partial charge in [0.1, 0.15) is 5.75 Å². The lowest BCUT2D eigenvalue weighted by Crippen LogP contribution is -1.90. The molecule has 1 aromatic heterocycles. The van der Waals surface area contributed by atoms with E-state index in [-0.39, 0.29) is 0 Å². The minimum Gasteiger partial charge on any atom is -0.497 e. The largest absolute Gasteiger partial charge is 0.497 e. The molecule has 0 aliphatic heterocycles. The van der Waals surface area contributed by atoms with Crippen molar-refractivity contribution in [3.8, 4) is 5.75 Å². The SMILES string of the molecule is COc1ccc(Nc2nsc3ccccc23)cc1. The zero-order chi connectivity index (χ0) is 12.4. The van der Waals surface area contributed by atoms with Crippen LogP contribution in [0.2, 0.25) is 0 Å². The van der Waals surface area contributed by atoms with E-state index < -0.39 is 0 Å². The van der Waals surface area contributed by atoms with Crippen LogP contribution in [-0.4, -0.2) is 11.5 Å². The van der Waals surface area contributed by atoms with Gasteiger partial charge >= 0.3 is 0 Å². The zero-order valence-electron chi connectivity index (χ0n) is 9.88. The first-order valence-electron chi connectivity index (χ1n) is 5.62. The Labute approximate surface area is 109 Å². The summed E-state index contributed by atoms with van der Waals surface area (Å²) in [5.41, 5.74) is 1.01. The number of aromatic nitrogens is 1. The van der Waals surface area contributed by atoms with Crippen LogP contribution in [0, 0.1) is 0 Å². The van der Waals surface area contributed by atoms with Gasteiger partial charge < -0.3 is 10.1 Å². The van der Waals surface area contributed by atoms with Crippen LogP contribution in [-0.2, 0) is 0 Å². The number of fused-ring (bicyclic) bond motifs is 1. The highest BCUT2D eigenvalue weighted by molar-refractivity contribution is 7.13. The van der Waals surface area contributed by atoms with Crippen molar-refractivity contribution in [2.45, 2.75) is 0 Å². The van der Waals surface area contributed by atoms with Gasteiger partial charge in [-0.2, -0.15) is 4.37 Å². The number of methoxy groups -OCH3 is 1. The normalized spacial score (nSPS) is 10.5. The Morgan fingerprint density at radius 2 is 1.83 bits per heavy atom. The van der Waals surface area contributed by atoms with E-state index in [1.807, 2.05) is 36.4 Å². The van der Waals surface area contributed by atoms with E-state index >= 15 is 0 Å². The molecule has 2 aromatic carbocycles. The molecular formula is C14H12N2OS. The molecule has 0 spiro atoms. The molecule has 0 fully saturated rings. The van der Waals surface area contributed by atoms with Crippen molar-refractivity contribution in [2.24, 2.45) is 0 Å². The number of ether oxygens (including phenoxy) is 1. The van der Waals surface area contributed by atoms with E-state index in [9.17, 15) is 0 Å². The summed E-state index contributed by atoms with van der Waals surface area (Å²) in [6.07, 6.45) is 0. The van der Waals surface area contributed by atoms with E-state index in [4.69, 9.17) is 4.74 Å². The van der Waals surface area contributed by atoms with Crippen molar-refractivity contribution in [1.29, 1.82) is 0 Å². The maximum Gasteiger partial charge on any atom is 0.151 e. The van der Waals surface area contributed by atoms with Crippen molar-refractivity contribution in [3.05, 3.63) is 48.5 Å². The molecule has 3 nitrogen and oxygen atoms in total. The fourth-order valence-electron chi connectivity index (χ4n) is 1.79. The van der Waals surface area contributed by atoms with Gasteiger partial charge in [-0.3, -0.25) is 0 Å². The average Bonchev–Trinajstić information content (AvgIpc) is 2.83. The summed E-state index contributed by atoms with van der Waals surface area (Å²) in [6.45, 7) is 0. The first kappa shape index (κ1) is 11.0. The second-order valence-electron chi connectivity index (χ2n) is 3.88. The number of hydrogen-bond acceptors (Lipinski definition) is 4. The molecule has 0 atom stereocenters. The van der Waals surface area contributed by atoms with Crippen molar-refractivity contribution in [3.63, 3.8) is 0 Å². The molecule has 0 saturated carbocycles. The van der Waals surface area contributed by atoms with Gasteiger partial charge in [0.15, 0.2) is 5.82 Å². The molecule has 0 radical (unpaired) electrons. The van der Waals surface area contributed by atoms with E-state index in [2.05, 4.69) is 21.8 Å². The quantitative estimate of drug-likeness (QED) is 0.767. The average molecular weight is 256 g/mol. The molecule has 0 saturated heterocycles. The third kappa shape index (κ3) is 2.02. The number of hydrogen-bond donors (Lipinski definition) is 1. The van der Waals surface area contributed by atoms with Crippen LogP contribution in [0.3, 0.4) is 0 Å². The summed E-state index contributed by atoms with van der Waals surface area (Å²) < 4.78 is 10.8. The molecule has 18 heavy (non-hydrogen) atoms. The van der Waals surface area contributed by atoms with E-state index in [0.29, 0.717) is 0 Å². The predicted molar refractivity (Wildman–Crippen MR) is 75.9 cm³/mol. The first-order chi connectivity index (χ1) is 8.86. The summed E-state index contributed by atoms with van der Waals surface area (Å²) in [7, 11) is 1.66. The molecule has 4 heteroatoms. The summed E-state index contributed by atoms with van der Waals surface area (Å²) in [4.78, 5) is 0. The summed E-state index contributed by atoms with van der Waals surface area (Å²) in [6, 6.07) is 16.0. The standard InChI is InChI=1S/C14H12N2OS/c1-17-11-8-6-10(7-9-11)15-14-12-4-2-3-5-13(12)18-16-14/h2-9H,1H3,(H,15,16). The summed E-state index contributed by atoms with van der Waals surface area (Å²) in [5, 5.41) is 4.47. The number of rotatable bonds is 3. The Morgan fingerprint density at radius 3 is 2.61 bits per heavy atom. The smallest absolute Gasteiger partial charge is 0.151 e. The minimum absolute atomic E-state index is 0.851. The molecule has 1 heterocycles. The first-order valence-corrected chi connectivity index (χ1v) is 6.39. The highest BCUT2D eigenvalue weighted by atomic mass is 32.1. The van der Waals surface area contributed by atoms with Crippen molar-refractivity contribution in [1.82, 2.24) is 4.37 Å². The highest BCUT2D eigenvalue weighted by Crippen LogP contribution is 2.29. The van der Waals surface area contributed by atoms with Crippen LogP contribution in [0.15, 0.2) is 48.5 Å². The molecule has 0 aliphatic carbocycles. The Bertz CT molecular complexity index is 661. The molecular weight excluding hydrogens is 244 g/mol. The molecule has 0 unspecified atom stereocenters. The van der Waals surface area contributed by atoms with Gasteiger partial charge in [0.25, 0.3) is 0 Å². The fourth-order valence-corrected chi connectivity index (χ4v) is 2.52. The van der Waals surface area contributed by atoms with Crippen LogP contribution in [0.25, 0.3) is 10.1 Å². The van der Waals surface area contributed by atoms with E-state index in [1.54, 1.807) is 7.11 Å². The third-order valence-corrected chi connectivity index (χ3v) is 3.56. The Balaban J connectivity index is 1.91. The van der Waals surface area contributed by atoms with Crippen molar-refractivity contribution in [2.75, 3.05) is 12.4 Å². The lowest BCUT2D eigenvalue weighted by molar-refractivity contribution is 0.415. The van der Waals surface area contributed by atoms with Gasteiger partial charge in [0.2, 0.25) is 0 Å². The lowest BCUT2D eigenvalue weighted by Gasteiger charge is -2.05.